The Morgan fingerprint density at radius 3 is 2.23 bits per heavy atom. The summed E-state index contributed by atoms with van der Waals surface area (Å²) in [5.74, 6) is 7.40. The number of carbonyl (C=O) groups excluding carboxylic acids is 3. The van der Waals surface area contributed by atoms with Crippen LogP contribution in [0.3, 0.4) is 0 Å². The fourth-order valence-corrected chi connectivity index (χ4v) is 5.89. The van der Waals surface area contributed by atoms with Crippen LogP contribution in [0.4, 0.5) is 5.69 Å². The Morgan fingerprint density at radius 2 is 1.67 bits per heavy atom. The molecule has 2 amide bonds. The maximum absolute atomic E-state index is 12.4. The quantitative estimate of drug-likeness (QED) is 0.300. The normalized spacial score (nSPS) is 21.5. The van der Waals surface area contributed by atoms with E-state index in [1.807, 2.05) is 24.3 Å². The summed E-state index contributed by atoms with van der Waals surface area (Å²) in [5, 5.41) is 17.8. The van der Waals surface area contributed by atoms with Gasteiger partial charge in [0, 0.05) is 28.9 Å². The molecular weight excluding hydrogens is 492 g/mol. The molecule has 5 rings (SSSR count). The van der Waals surface area contributed by atoms with Crippen LogP contribution in [0.15, 0.2) is 48.5 Å². The van der Waals surface area contributed by atoms with E-state index < -0.39 is 24.3 Å². The Hall–Kier alpha value is -3.51. The van der Waals surface area contributed by atoms with Gasteiger partial charge in [-0.15, -0.1) is 0 Å². The van der Waals surface area contributed by atoms with Crippen LogP contribution in [0.1, 0.15) is 54.6 Å². The molecule has 0 heterocycles. The van der Waals surface area contributed by atoms with Crippen LogP contribution in [0.2, 0.25) is 0 Å². The molecule has 3 fully saturated rings. The summed E-state index contributed by atoms with van der Waals surface area (Å²) in [4.78, 5) is 36.3. The monoisotopic (exact) mass is 530 g/mol. The molecule has 3 aliphatic carbocycles. The lowest BCUT2D eigenvalue weighted by Crippen LogP contribution is -2.54. The third-order valence-electron chi connectivity index (χ3n) is 8.45. The lowest BCUT2D eigenvalue weighted by Gasteiger charge is -2.60. The van der Waals surface area contributed by atoms with Gasteiger partial charge < -0.3 is 26.8 Å². The Kier molecular flexibility index (Phi) is 9.18. The Balaban J connectivity index is 1.22. The number of Topliss-reactive ketones (excluding diaryl/α,β-unsaturated/α-hetero) is 1. The summed E-state index contributed by atoms with van der Waals surface area (Å²) >= 11 is 0. The summed E-state index contributed by atoms with van der Waals surface area (Å²) in [5.41, 5.74) is 8.54. The van der Waals surface area contributed by atoms with Crippen molar-refractivity contribution in [1.82, 2.24) is 10.6 Å². The molecule has 2 aromatic carbocycles. The molecule has 2 aromatic rings. The van der Waals surface area contributed by atoms with Crippen LogP contribution in [0, 0.1) is 35.0 Å². The number of nitrogens with one attached hydrogen (secondary N) is 3. The number of hydrogen-bond donors (Lipinski definition) is 5. The second kappa shape index (κ2) is 12.6. The Morgan fingerprint density at radius 1 is 1.03 bits per heavy atom. The van der Waals surface area contributed by atoms with Gasteiger partial charge in [0.15, 0.2) is 5.78 Å². The zero-order chi connectivity index (χ0) is 28.0. The molecule has 0 aliphatic heterocycles. The molecule has 0 spiro atoms. The second-order valence-electron chi connectivity index (χ2n) is 11.2. The van der Waals surface area contributed by atoms with E-state index in [0.717, 1.165) is 35.2 Å². The predicted molar refractivity (Wildman–Crippen MR) is 151 cm³/mol. The highest BCUT2D eigenvalue weighted by atomic mass is 16.3. The summed E-state index contributed by atoms with van der Waals surface area (Å²) < 4.78 is 0. The van der Waals surface area contributed by atoms with Gasteiger partial charge >= 0.3 is 0 Å². The summed E-state index contributed by atoms with van der Waals surface area (Å²) in [6.07, 6.45) is 3.91. The standard InChI is InChI=1S/C31H38N4O4/c1-31(2)24-12-11-23(26(31)15-24)17-33-18-29(38)34-25-13-7-21(8-14-25)4-3-20-5-9-22(10-6-20)30(39)35-27(16-32)28(37)19-36/h5-10,13-14,23-24,26-27,33,36H,11-12,15-19,32H2,1-2H3,(H,34,38)(H,35,39)/t23-,24-,26-,27-/m0/s1. The SMILES string of the molecule is CC1(C)[C@H]2CC[C@@H](CNCC(=O)Nc3ccc(C#Cc4ccc(C(=O)N[C@@H](CN)C(=O)CO)cc4)cc3)[C@@H]1C2. The third-order valence-corrected chi connectivity index (χ3v) is 8.45. The highest BCUT2D eigenvalue weighted by Crippen LogP contribution is 2.61. The number of aliphatic hydroxyl groups is 1. The van der Waals surface area contributed by atoms with Crippen molar-refractivity contribution >= 4 is 23.3 Å². The second-order valence-corrected chi connectivity index (χ2v) is 11.2. The molecule has 0 aromatic heterocycles. The number of aliphatic hydroxyl groups excluding tert-OH is 1. The summed E-state index contributed by atoms with van der Waals surface area (Å²) in [6, 6.07) is 13.1. The number of anilines is 1. The number of rotatable bonds is 10. The van der Waals surface area contributed by atoms with Gasteiger partial charge in [0.05, 0.1) is 6.54 Å². The first-order valence-corrected chi connectivity index (χ1v) is 13.6. The number of amides is 2. The van der Waals surface area contributed by atoms with Crippen LogP contribution in [0.5, 0.6) is 0 Å². The molecule has 39 heavy (non-hydrogen) atoms. The predicted octanol–water partition coefficient (Wildman–Crippen LogP) is 2.31. The van der Waals surface area contributed by atoms with E-state index in [1.54, 1.807) is 24.3 Å². The highest BCUT2D eigenvalue weighted by molar-refractivity contribution is 5.98. The van der Waals surface area contributed by atoms with Gasteiger partial charge in [-0.3, -0.25) is 14.4 Å². The molecule has 206 valence electrons. The highest BCUT2D eigenvalue weighted by Gasteiger charge is 2.53. The number of carbonyl (C=O) groups is 3. The topological polar surface area (TPSA) is 134 Å². The van der Waals surface area contributed by atoms with Crippen LogP contribution in [-0.4, -0.2) is 55.0 Å². The van der Waals surface area contributed by atoms with Crippen molar-refractivity contribution in [3.8, 4) is 11.8 Å². The van der Waals surface area contributed by atoms with E-state index in [2.05, 4.69) is 41.6 Å². The number of nitrogens with two attached hydrogens (primary N) is 1. The largest absolute Gasteiger partial charge is 0.388 e. The molecule has 8 heteroatoms. The van der Waals surface area contributed by atoms with E-state index in [9.17, 15) is 14.4 Å². The fourth-order valence-electron chi connectivity index (χ4n) is 5.89. The molecule has 0 saturated heterocycles. The maximum Gasteiger partial charge on any atom is 0.251 e. The molecule has 2 bridgehead atoms. The molecule has 0 unspecified atom stereocenters. The number of ketones is 1. The first kappa shape index (κ1) is 28.5. The minimum absolute atomic E-state index is 0.0574. The Bertz CT molecular complexity index is 1240. The van der Waals surface area contributed by atoms with Gasteiger partial charge in [-0.05, 0) is 97.5 Å². The van der Waals surface area contributed by atoms with Crippen molar-refractivity contribution < 1.29 is 19.5 Å². The maximum atomic E-state index is 12.4. The molecule has 6 N–H and O–H groups in total. The van der Waals surface area contributed by atoms with Gasteiger partial charge in [-0.25, -0.2) is 0 Å². The fraction of sp³-hybridized carbons (Fsp3) is 0.452. The van der Waals surface area contributed by atoms with E-state index in [1.165, 1.54) is 19.3 Å². The lowest BCUT2D eigenvalue weighted by atomic mass is 9.45. The molecule has 0 radical (unpaired) electrons. The third kappa shape index (κ3) is 6.93. The van der Waals surface area contributed by atoms with Crippen molar-refractivity contribution in [2.24, 2.45) is 28.9 Å². The van der Waals surface area contributed by atoms with Crippen molar-refractivity contribution in [3.05, 3.63) is 65.2 Å². The van der Waals surface area contributed by atoms with Crippen molar-refractivity contribution in [1.29, 1.82) is 0 Å². The number of fused-ring (bicyclic) bond motifs is 2. The van der Waals surface area contributed by atoms with Gasteiger partial charge in [-0.1, -0.05) is 25.7 Å². The number of benzene rings is 2. The smallest absolute Gasteiger partial charge is 0.251 e. The summed E-state index contributed by atoms with van der Waals surface area (Å²) in [7, 11) is 0. The van der Waals surface area contributed by atoms with Gasteiger partial charge in [0.25, 0.3) is 5.91 Å². The van der Waals surface area contributed by atoms with Crippen LogP contribution in [0.25, 0.3) is 0 Å². The minimum atomic E-state index is -0.925. The van der Waals surface area contributed by atoms with Crippen LogP contribution < -0.4 is 21.7 Å². The Labute approximate surface area is 230 Å². The first-order chi connectivity index (χ1) is 18.7. The van der Waals surface area contributed by atoms with Crippen molar-refractivity contribution in [2.75, 3.05) is 31.6 Å². The lowest BCUT2D eigenvalue weighted by molar-refractivity contribution is -0.123. The summed E-state index contributed by atoms with van der Waals surface area (Å²) in [6.45, 7) is 5.20. The first-order valence-electron chi connectivity index (χ1n) is 13.6. The average molecular weight is 531 g/mol. The zero-order valence-corrected chi connectivity index (χ0v) is 22.6. The molecular formula is C31H38N4O4. The van der Waals surface area contributed by atoms with Crippen molar-refractivity contribution in [2.45, 2.75) is 39.2 Å². The molecule has 3 saturated carbocycles. The minimum Gasteiger partial charge on any atom is -0.388 e. The van der Waals surface area contributed by atoms with Gasteiger partial charge in [0.1, 0.15) is 12.6 Å². The van der Waals surface area contributed by atoms with Crippen LogP contribution >= 0.6 is 0 Å². The van der Waals surface area contributed by atoms with Crippen molar-refractivity contribution in [3.63, 3.8) is 0 Å². The van der Waals surface area contributed by atoms with E-state index >= 15 is 0 Å². The van der Waals surface area contributed by atoms with Gasteiger partial charge in [0.2, 0.25) is 5.91 Å². The zero-order valence-electron chi connectivity index (χ0n) is 22.6. The van der Waals surface area contributed by atoms with Crippen LogP contribution in [-0.2, 0) is 9.59 Å². The van der Waals surface area contributed by atoms with E-state index in [-0.39, 0.29) is 12.5 Å². The average Bonchev–Trinajstić information content (AvgIpc) is 2.95. The molecule has 8 nitrogen and oxygen atoms in total. The number of hydrogen-bond acceptors (Lipinski definition) is 6. The molecule has 3 aliphatic rings. The molecule has 4 atom stereocenters. The van der Waals surface area contributed by atoms with E-state index in [4.69, 9.17) is 10.8 Å². The van der Waals surface area contributed by atoms with Gasteiger partial charge in [-0.2, -0.15) is 0 Å². The van der Waals surface area contributed by atoms with E-state index in [0.29, 0.717) is 23.4 Å².